The number of H-pyrrole nitrogens is 1. The Labute approximate surface area is 218 Å². The number of aromatic amines is 1. The van der Waals surface area contributed by atoms with Crippen molar-refractivity contribution >= 4 is 34.4 Å². The van der Waals surface area contributed by atoms with Crippen LogP contribution < -0.4 is 0 Å². The molecule has 6 nitrogen and oxygen atoms in total. The number of carboxylic acid groups (broad SMARTS) is 1. The zero-order valence-corrected chi connectivity index (χ0v) is 20.7. The van der Waals surface area contributed by atoms with Crippen LogP contribution in [0.2, 0.25) is 5.02 Å². The van der Waals surface area contributed by atoms with E-state index in [-0.39, 0.29) is 11.3 Å². The zero-order valence-electron chi connectivity index (χ0n) is 19.9. The van der Waals surface area contributed by atoms with E-state index in [0.29, 0.717) is 27.7 Å². The first kappa shape index (κ1) is 23.3. The SMILES string of the molecule is O=C(O)c1ccc2c(c1)nc(-c1ccc(-c3cc(C(=O)c4ccc(Cl)cc4)c[nH]3)cc1)n2C1CCCC1. The van der Waals surface area contributed by atoms with E-state index >= 15 is 0 Å². The molecule has 0 saturated heterocycles. The first-order valence-electron chi connectivity index (χ1n) is 12.3. The van der Waals surface area contributed by atoms with Crippen molar-refractivity contribution in [1.29, 1.82) is 0 Å². The molecule has 0 bridgehead atoms. The Morgan fingerprint density at radius 2 is 1.54 bits per heavy atom. The molecular formula is C30H24ClN3O3. The third-order valence-corrected chi connectivity index (χ3v) is 7.38. The number of aromatic nitrogens is 3. The van der Waals surface area contributed by atoms with Gasteiger partial charge in [0, 0.05) is 39.6 Å². The van der Waals surface area contributed by atoms with E-state index < -0.39 is 5.97 Å². The minimum atomic E-state index is -0.955. The van der Waals surface area contributed by atoms with Crippen LogP contribution in [0.3, 0.4) is 0 Å². The van der Waals surface area contributed by atoms with Crippen LogP contribution in [0.15, 0.2) is 79.0 Å². The Bertz CT molecular complexity index is 1630. The second kappa shape index (κ2) is 9.37. The molecule has 0 aliphatic heterocycles. The van der Waals surface area contributed by atoms with Gasteiger partial charge in [-0.05, 0) is 66.9 Å². The summed E-state index contributed by atoms with van der Waals surface area (Å²) in [6, 6.07) is 22.3. The number of carboxylic acids is 1. The summed E-state index contributed by atoms with van der Waals surface area (Å²) in [5.41, 5.74) is 5.83. The summed E-state index contributed by atoms with van der Waals surface area (Å²) >= 11 is 5.95. The Morgan fingerprint density at radius 1 is 0.865 bits per heavy atom. The van der Waals surface area contributed by atoms with Crippen molar-refractivity contribution in [3.05, 3.63) is 101 Å². The van der Waals surface area contributed by atoms with Gasteiger partial charge < -0.3 is 14.7 Å². The van der Waals surface area contributed by atoms with E-state index in [2.05, 4.69) is 9.55 Å². The lowest BCUT2D eigenvalue weighted by Crippen LogP contribution is -2.06. The fraction of sp³-hybridized carbons (Fsp3) is 0.167. The highest BCUT2D eigenvalue weighted by Crippen LogP contribution is 2.37. The van der Waals surface area contributed by atoms with Crippen LogP contribution in [0.5, 0.6) is 0 Å². The Morgan fingerprint density at radius 3 is 2.24 bits per heavy atom. The molecule has 2 aromatic heterocycles. The molecule has 37 heavy (non-hydrogen) atoms. The Kier molecular flexibility index (Phi) is 5.89. The lowest BCUT2D eigenvalue weighted by atomic mass is 10.0. The van der Waals surface area contributed by atoms with Crippen LogP contribution in [-0.4, -0.2) is 31.4 Å². The van der Waals surface area contributed by atoms with Crippen LogP contribution in [0, 0.1) is 0 Å². The summed E-state index contributed by atoms with van der Waals surface area (Å²) in [5.74, 6) is -0.175. The molecule has 0 spiro atoms. The predicted molar refractivity (Wildman–Crippen MR) is 144 cm³/mol. The predicted octanol–water partition coefficient (Wildman–Crippen LogP) is 7.40. The number of benzene rings is 3. The zero-order chi connectivity index (χ0) is 25.5. The van der Waals surface area contributed by atoms with Gasteiger partial charge in [-0.25, -0.2) is 9.78 Å². The second-order valence-electron chi connectivity index (χ2n) is 9.47. The minimum Gasteiger partial charge on any atom is -0.478 e. The maximum absolute atomic E-state index is 12.8. The number of hydrogen-bond acceptors (Lipinski definition) is 3. The van der Waals surface area contributed by atoms with E-state index in [1.54, 1.807) is 42.6 Å². The van der Waals surface area contributed by atoms with E-state index in [1.807, 2.05) is 36.4 Å². The van der Waals surface area contributed by atoms with Crippen molar-refractivity contribution in [3.8, 4) is 22.6 Å². The van der Waals surface area contributed by atoms with Gasteiger partial charge in [-0.2, -0.15) is 0 Å². The van der Waals surface area contributed by atoms with Gasteiger partial charge in [0.05, 0.1) is 16.6 Å². The molecule has 6 rings (SSSR count). The highest BCUT2D eigenvalue weighted by Gasteiger charge is 2.24. The molecule has 3 aromatic carbocycles. The van der Waals surface area contributed by atoms with Gasteiger partial charge in [-0.1, -0.05) is 48.7 Å². The molecule has 2 heterocycles. The van der Waals surface area contributed by atoms with Crippen molar-refractivity contribution in [3.63, 3.8) is 0 Å². The lowest BCUT2D eigenvalue weighted by Gasteiger charge is -2.16. The number of halogens is 1. The van der Waals surface area contributed by atoms with Gasteiger partial charge in [-0.15, -0.1) is 0 Å². The second-order valence-corrected chi connectivity index (χ2v) is 9.90. The van der Waals surface area contributed by atoms with Crippen molar-refractivity contribution < 1.29 is 14.7 Å². The fourth-order valence-corrected chi connectivity index (χ4v) is 5.35. The van der Waals surface area contributed by atoms with Gasteiger partial charge in [0.2, 0.25) is 0 Å². The highest BCUT2D eigenvalue weighted by atomic mass is 35.5. The number of carbonyl (C=O) groups is 2. The van der Waals surface area contributed by atoms with Gasteiger partial charge >= 0.3 is 5.97 Å². The van der Waals surface area contributed by atoms with Gasteiger partial charge in [0.15, 0.2) is 5.78 Å². The molecule has 0 radical (unpaired) electrons. The number of fused-ring (bicyclic) bond motifs is 1. The number of hydrogen-bond donors (Lipinski definition) is 2. The molecule has 0 atom stereocenters. The molecule has 1 aliphatic rings. The summed E-state index contributed by atoms with van der Waals surface area (Å²) in [6.45, 7) is 0. The number of imidazole rings is 1. The van der Waals surface area contributed by atoms with E-state index in [9.17, 15) is 14.7 Å². The number of carbonyl (C=O) groups excluding carboxylic acids is 1. The van der Waals surface area contributed by atoms with Crippen molar-refractivity contribution in [1.82, 2.24) is 14.5 Å². The van der Waals surface area contributed by atoms with Crippen molar-refractivity contribution in [2.45, 2.75) is 31.7 Å². The molecule has 0 unspecified atom stereocenters. The molecule has 1 fully saturated rings. The highest BCUT2D eigenvalue weighted by molar-refractivity contribution is 6.30. The topological polar surface area (TPSA) is 88.0 Å². The summed E-state index contributed by atoms with van der Waals surface area (Å²) < 4.78 is 2.28. The largest absolute Gasteiger partial charge is 0.478 e. The maximum atomic E-state index is 12.8. The monoisotopic (exact) mass is 509 g/mol. The Balaban J connectivity index is 1.33. The van der Waals surface area contributed by atoms with Gasteiger partial charge in [0.25, 0.3) is 0 Å². The summed E-state index contributed by atoms with van der Waals surface area (Å²) in [5, 5.41) is 10.0. The van der Waals surface area contributed by atoms with Crippen molar-refractivity contribution in [2.75, 3.05) is 0 Å². The molecule has 1 aliphatic carbocycles. The average molecular weight is 510 g/mol. The first-order valence-corrected chi connectivity index (χ1v) is 12.7. The van der Waals surface area contributed by atoms with Crippen LogP contribution in [-0.2, 0) is 0 Å². The summed E-state index contributed by atoms with van der Waals surface area (Å²) in [7, 11) is 0. The lowest BCUT2D eigenvalue weighted by molar-refractivity contribution is 0.0697. The quantitative estimate of drug-likeness (QED) is 0.233. The maximum Gasteiger partial charge on any atom is 0.335 e. The van der Waals surface area contributed by atoms with Crippen LogP contribution in [0.1, 0.15) is 58.0 Å². The number of aromatic carboxylic acids is 1. The first-order chi connectivity index (χ1) is 18.0. The smallest absolute Gasteiger partial charge is 0.335 e. The molecular weight excluding hydrogens is 486 g/mol. The number of rotatable bonds is 6. The molecule has 2 N–H and O–H groups in total. The molecule has 1 saturated carbocycles. The third-order valence-electron chi connectivity index (χ3n) is 7.13. The number of nitrogens with one attached hydrogen (secondary N) is 1. The summed E-state index contributed by atoms with van der Waals surface area (Å²) in [6.07, 6.45) is 6.26. The van der Waals surface area contributed by atoms with E-state index in [1.165, 1.54) is 12.8 Å². The molecule has 184 valence electrons. The molecule has 7 heteroatoms. The average Bonchev–Trinajstić information content (AvgIpc) is 3.68. The van der Waals surface area contributed by atoms with E-state index in [0.717, 1.165) is 41.0 Å². The Hall–Kier alpha value is -4.16. The van der Waals surface area contributed by atoms with Crippen LogP contribution in [0.4, 0.5) is 0 Å². The standard InChI is InChI=1S/C30H24ClN3O3/c31-23-12-9-19(10-13-23)28(35)22-16-25(32-17-22)18-5-7-20(8-6-18)29-33-26-15-21(30(36)37)11-14-27(26)34(29)24-3-1-2-4-24/h5-17,24,32H,1-4H2,(H,36,37). The minimum absolute atomic E-state index is 0.0678. The number of nitrogens with zero attached hydrogens (tertiary/aromatic N) is 2. The van der Waals surface area contributed by atoms with E-state index in [4.69, 9.17) is 16.6 Å². The molecule has 0 amide bonds. The summed E-state index contributed by atoms with van der Waals surface area (Å²) in [4.78, 5) is 32.4. The third kappa shape index (κ3) is 4.34. The van der Waals surface area contributed by atoms with Gasteiger partial charge in [-0.3, -0.25) is 4.79 Å². The van der Waals surface area contributed by atoms with Crippen LogP contribution in [0.25, 0.3) is 33.7 Å². The molecule has 5 aromatic rings. The van der Waals surface area contributed by atoms with Crippen LogP contribution >= 0.6 is 11.6 Å². The van der Waals surface area contributed by atoms with Gasteiger partial charge in [0.1, 0.15) is 5.82 Å². The van der Waals surface area contributed by atoms with Crippen molar-refractivity contribution in [2.24, 2.45) is 0 Å². The fourth-order valence-electron chi connectivity index (χ4n) is 5.23. The number of ketones is 1. The normalized spacial score (nSPS) is 13.9.